The third-order valence-corrected chi connectivity index (χ3v) is 11.1. The van der Waals surface area contributed by atoms with E-state index in [1.54, 1.807) is 0 Å². The van der Waals surface area contributed by atoms with Crippen molar-refractivity contribution in [2.75, 3.05) is 6.67 Å². The fourth-order valence-corrected chi connectivity index (χ4v) is 7.98. The Bertz CT molecular complexity index is 2530. The maximum atomic E-state index is 12.2. The molecule has 1 aliphatic rings. The Morgan fingerprint density at radius 2 is 1.27 bits per heavy atom. The van der Waals surface area contributed by atoms with Crippen molar-refractivity contribution in [3.05, 3.63) is 142 Å². The van der Waals surface area contributed by atoms with Crippen LogP contribution in [0.5, 0.6) is 0 Å². The van der Waals surface area contributed by atoms with Gasteiger partial charge in [-0.1, -0.05) is 103 Å². The first-order chi connectivity index (χ1) is 29.6. The maximum absolute atomic E-state index is 12.2. The van der Waals surface area contributed by atoms with Crippen molar-refractivity contribution < 1.29 is 39.9 Å². The van der Waals surface area contributed by atoms with Crippen molar-refractivity contribution >= 4 is 27.3 Å². The number of pyridine rings is 2. The van der Waals surface area contributed by atoms with Gasteiger partial charge in [-0.25, -0.2) is 0 Å². The van der Waals surface area contributed by atoms with E-state index < -0.39 is 6.67 Å². The van der Waals surface area contributed by atoms with E-state index in [9.17, 15) is 14.3 Å². The van der Waals surface area contributed by atoms with Crippen LogP contribution in [-0.2, 0) is 24.9 Å². The molecule has 0 aliphatic heterocycles. The predicted octanol–water partition coefficient (Wildman–Crippen LogP) is 14.4. The van der Waals surface area contributed by atoms with E-state index in [1.165, 1.54) is 37.3 Å². The number of aliphatic hydroxyl groups excluding tert-OH is 1. The number of nitrogens with zero attached hydrogens (tertiary/aromatic N) is 2. The minimum Gasteiger partial charge on any atom is -0.512 e. The molecule has 2 aromatic heterocycles. The quantitative estimate of drug-likeness (QED) is 0.0798. The number of ketones is 1. The molecular weight excluding hydrogens is 908 g/mol. The fourth-order valence-electron chi connectivity index (χ4n) is 7.98. The van der Waals surface area contributed by atoms with Crippen LogP contribution in [0.4, 0.5) is 4.39 Å². The van der Waals surface area contributed by atoms with Gasteiger partial charge in [0, 0.05) is 50.4 Å². The number of halogens is 1. The van der Waals surface area contributed by atoms with Crippen molar-refractivity contribution in [2.24, 2.45) is 11.8 Å². The first-order valence-corrected chi connectivity index (χ1v) is 20.9. The number of hydrogen-bond donors (Lipinski definition) is 1. The first kappa shape index (κ1) is 41.2. The second kappa shape index (κ2) is 22.7. The van der Waals surface area contributed by atoms with Crippen molar-refractivity contribution in [1.29, 1.82) is 0 Å². The number of allylic oxidation sites excluding steroid dienone is 2. The van der Waals surface area contributed by atoms with Crippen molar-refractivity contribution in [3.8, 4) is 22.5 Å². The fraction of sp³-hybridized carbons (Fsp3) is 0.377. The molecule has 0 amide bonds. The molecule has 1 N–H and O–H groups in total. The molecule has 4 aromatic carbocycles. The summed E-state index contributed by atoms with van der Waals surface area (Å²) in [7, 11) is 0. The van der Waals surface area contributed by atoms with Crippen LogP contribution in [0.2, 0.25) is 0 Å². The molecule has 1 fully saturated rings. The summed E-state index contributed by atoms with van der Waals surface area (Å²) in [5.74, 6) is 0.354. The third-order valence-electron chi connectivity index (χ3n) is 11.1. The number of fused-ring (bicyclic) bond motifs is 2. The third kappa shape index (κ3) is 12.7. The number of alkyl halides is 1. The molecule has 0 bridgehead atoms. The molecule has 1 aliphatic carbocycles. The molecule has 4 nitrogen and oxygen atoms in total. The van der Waals surface area contributed by atoms with Crippen LogP contribution in [0.15, 0.2) is 96.9 Å². The number of carbonyl (C=O) groups is 1. The van der Waals surface area contributed by atoms with Gasteiger partial charge >= 0.3 is 0 Å². The molecule has 1 radical (unpaired) electrons. The monoisotopic (exact) mass is 973 g/mol. The summed E-state index contributed by atoms with van der Waals surface area (Å²) in [5.41, 5.74) is 10.1. The van der Waals surface area contributed by atoms with Crippen LogP contribution in [0, 0.1) is 58.6 Å². The van der Waals surface area contributed by atoms with Crippen LogP contribution < -0.4 is 0 Å². The smallest absolute Gasteiger partial charge is 0.162 e. The molecule has 6 aromatic rings. The van der Waals surface area contributed by atoms with Gasteiger partial charge in [0.25, 0.3) is 0 Å². The van der Waals surface area contributed by atoms with E-state index in [4.69, 9.17) is 5.48 Å². The zero-order valence-corrected chi connectivity index (χ0v) is 38.3. The number of rotatable bonds is 11. The Hall–Kier alpha value is -4.51. The molecule has 1 atom stereocenters. The van der Waals surface area contributed by atoms with Crippen molar-refractivity contribution in [2.45, 2.75) is 113 Å². The van der Waals surface area contributed by atoms with Gasteiger partial charge in [0.15, 0.2) is 5.78 Å². The molecule has 6 heteroatoms. The summed E-state index contributed by atoms with van der Waals surface area (Å²) in [6.45, 7) is 15.4. The summed E-state index contributed by atoms with van der Waals surface area (Å²) >= 11 is 0. The molecule has 313 valence electrons. The van der Waals surface area contributed by atoms with Gasteiger partial charge in [0.1, 0.15) is 0 Å². The number of aliphatic hydroxyl groups is 1. The van der Waals surface area contributed by atoms with E-state index in [0.29, 0.717) is 12.3 Å². The molecule has 0 saturated heterocycles. The Kier molecular flexibility index (Phi) is 15.9. The van der Waals surface area contributed by atoms with Crippen LogP contribution in [0.1, 0.15) is 117 Å². The molecule has 1 unspecified atom stereocenters. The number of hydrogen-bond acceptors (Lipinski definition) is 4. The molecular formula is C53H61FIrN2O2-2. The van der Waals surface area contributed by atoms with Crippen LogP contribution in [-0.4, -0.2) is 27.5 Å². The van der Waals surface area contributed by atoms with Gasteiger partial charge in [-0.15, -0.1) is 69.8 Å². The van der Waals surface area contributed by atoms with Crippen LogP contribution in [0.25, 0.3) is 44.1 Å². The Morgan fingerprint density at radius 3 is 1.76 bits per heavy atom. The topological polar surface area (TPSA) is 63.1 Å². The standard InChI is InChI=1S/C22H22N.C18H16N.C13H23FO2.Ir/c1-15-11-16(2)13-20(12-15)22-21-8-7-18(17-5-3-4-6-17)14-19(21)9-10-23-22;1-12-4-5-17-15(9-12)6-7-19-18(17)16-10-13(2)8-14(3)11-16;1-4-10(5-2)12(15)9-13(16)11(6-3)7-8-14;/h7-12,14,17H,3-6H2,1-2H3;4-10H,1-3H3;9-11,16H,4-8H2,1-3H3;/q2*-1;;/b;;13-9-;/i9D,10D;6D,7D;;. The largest absolute Gasteiger partial charge is 0.512 e. The molecule has 2 heterocycles. The SMILES string of the molecule is CCC(CC)C(=O)/C=C(\O)C(CC)CCF.[2H]c1nc(-c2[c-]c(C)cc(C)c2)c2ccc(C)cc2c1[2H].[2H]c1nc(-c2[c-]c(C)cc(C)c2)c2ccc(C3CCCC3)cc2c1[2H].[Ir]. The molecule has 59 heavy (non-hydrogen) atoms. The number of carbonyl (C=O) groups excluding carboxylic acids is 1. The second-order valence-corrected chi connectivity index (χ2v) is 15.8. The molecule has 1 saturated carbocycles. The van der Waals surface area contributed by atoms with Gasteiger partial charge in [0.2, 0.25) is 0 Å². The summed E-state index contributed by atoms with van der Waals surface area (Å²) in [5, 5.41) is 13.2. The van der Waals surface area contributed by atoms with Gasteiger partial charge in [-0.3, -0.25) is 9.18 Å². The first-order valence-electron chi connectivity index (χ1n) is 22.9. The summed E-state index contributed by atoms with van der Waals surface area (Å²) in [6.07, 6.45) is 8.88. The van der Waals surface area contributed by atoms with Gasteiger partial charge in [-0.05, 0) is 102 Å². The van der Waals surface area contributed by atoms with E-state index >= 15 is 0 Å². The Morgan fingerprint density at radius 1 is 0.763 bits per heavy atom. The Balaban J connectivity index is 0.000000212. The maximum Gasteiger partial charge on any atom is 0.162 e. The summed E-state index contributed by atoms with van der Waals surface area (Å²) < 4.78 is 44.7. The van der Waals surface area contributed by atoms with Gasteiger partial charge in [-0.2, -0.15) is 0 Å². The molecule has 0 spiro atoms. The number of benzene rings is 4. The zero-order valence-electron chi connectivity index (χ0n) is 39.9. The average molecular weight is 973 g/mol. The average Bonchev–Trinajstić information content (AvgIpc) is 3.78. The molecule has 7 rings (SSSR count). The van der Waals surface area contributed by atoms with Crippen LogP contribution >= 0.6 is 0 Å². The van der Waals surface area contributed by atoms with E-state index in [0.717, 1.165) is 84.7 Å². The Labute approximate surface area is 371 Å². The second-order valence-electron chi connectivity index (χ2n) is 15.8. The van der Waals surface area contributed by atoms with Gasteiger partial charge in [0.05, 0.1) is 17.9 Å². The number of aromatic nitrogens is 2. The van der Waals surface area contributed by atoms with Crippen molar-refractivity contribution in [1.82, 2.24) is 9.97 Å². The van der Waals surface area contributed by atoms with E-state index in [2.05, 4.69) is 65.4 Å². The minimum atomic E-state index is -0.463. The van der Waals surface area contributed by atoms with Gasteiger partial charge < -0.3 is 15.1 Å². The number of aryl methyl sites for hydroxylation is 5. The zero-order chi connectivity index (χ0) is 45.2. The van der Waals surface area contributed by atoms with Crippen molar-refractivity contribution in [3.63, 3.8) is 0 Å². The predicted molar refractivity (Wildman–Crippen MR) is 241 cm³/mol. The summed E-state index contributed by atoms with van der Waals surface area (Å²) in [4.78, 5) is 20.5. The van der Waals surface area contributed by atoms with E-state index in [1.807, 2.05) is 72.7 Å². The van der Waals surface area contributed by atoms with E-state index in [-0.39, 0.29) is 74.3 Å². The normalized spacial score (nSPS) is 14.3. The summed E-state index contributed by atoms with van der Waals surface area (Å²) in [6, 6.07) is 27.7. The minimum absolute atomic E-state index is 0. The van der Waals surface area contributed by atoms with Crippen LogP contribution in [0.3, 0.4) is 0 Å².